The van der Waals surface area contributed by atoms with Crippen LogP contribution >= 0.6 is 0 Å². The lowest BCUT2D eigenvalue weighted by Crippen LogP contribution is -2.27. The highest BCUT2D eigenvalue weighted by Crippen LogP contribution is 2.23. The van der Waals surface area contributed by atoms with Crippen molar-refractivity contribution in [1.82, 2.24) is 4.90 Å². The molecule has 4 heteroatoms. The molecule has 0 saturated heterocycles. The van der Waals surface area contributed by atoms with E-state index in [-0.39, 0.29) is 18.4 Å². The molecule has 0 aliphatic carbocycles. The molecular weight excluding hydrogens is 228 g/mol. The first-order chi connectivity index (χ1) is 8.61. The number of anilines is 1. The van der Waals surface area contributed by atoms with Crippen molar-refractivity contribution < 1.29 is 9.59 Å². The molecule has 1 aliphatic heterocycles. The largest absolute Gasteiger partial charge is 0.331 e. The molecule has 1 aliphatic rings. The molecule has 4 nitrogen and oxygen atoms in total. The van der Waals surface area contributed by atoms with Crippen LogP contribution in [0.1, 0.15) is 22.3 Å². The summed E-state index contributed by atoms with van der Waals surface area (Å²) in [7, 11) is 1.67. The summed E-state index contributed by atoms with van der Waals surface area (Å²) < 4.78 is 0. The molecule has 0 bridgehead atoms. The van der Waals surface area contributed by atoms with E-state index in [1.165, 1.54) is 4.90 Å². The van der Waals surface area contributed by atoms with Crippen molar-refractivity contribution in [3.8, 4) is 12.3 Å². The summed E-state index contributed by atoms with van der Waals surface area (Å²) in [5.41, 5.74) is 2.39. The van der Waals surface area contributed by atoms with Gasteiger partial charge < -0.3 is 10.2 Å². The highest BCUT2D eigenvalue weighted by Gasteiger charge is 2.17. The number of nitrogens with zero attached hydrogens (tertiary/aromatic N) is 1. The maximum absolute atomic E-state index is 12.0. The summed E-state index contributed by atoms with van der Waals surface area (Å²) in [6.45, 7) is 0.284. The molecule has 1 heterocycles. The van der Waals surface area contributed by atoms with E-state index in [0.29, 0.717) is 18.4 Å². The third-order valence-electron chi connectivity index (χ3n) is 2.92. The highest BCUT2D eigenvalue weighted by atomic mass is 16.2. The van der Waals surface area contributed by atoms with Crippen LogP contribution in [0.4, 0.5) is 5.69 Å². The predicted octanol–water partition coefficient (Wildman–Crippen LogP) is 1.28. The van der Waals surface area contributed by atoms with Gasteiger partial charge in [0.2, 0.25) is 5.91 Å². The van der Waals surface area contributed by atoms with Gasteiger partial charge in [0.25, 0.3) is 5.91 Å². The van der Waals surface area contributed by atoms with Crippen LogP contribution < -0.4 is 5.32 Å². The van der Waals surface area contributed by atoms with Crippen molar-refractivity contribution in [3.63, 3.8) is 0 Å². The SMILES string of the molecule is C#CCN(C)C(=O)c1ccc2c(c1)CCC(=O)N2. The molecular formula is C14H14N2O2. The summed E-state index contributed by atoms with van der Waals surface area (Å²) in [4.78, 5) is 24.7. The topological polar surface area (TPSA) is 49.4 Å². The summed E-state index contributed by atoms with van der Waals surface area (Å²) >= 11 is 0. The standard InChI is InChI=1S/C14H14N2O2/c1-3-8-16(2)14(18)11-4-6-12-10(9-11)5-7-13(17)15-12/h1,4,6,9H,5,7-8H2,2H3,(H,15,17). The van der Waals surface area contributed by atoms with Crippen molar-refractivity contribution in [2.75, 3.05) is 18.9 Å². The monoisotopic (exact) mass is 242 g/mol. The van der Waals surface area contributed by atoms with Gasteiger partial charge in [-0.25, -0.2) is 0 Å². The number of fused-ring (bicyclic) bond motifs is 1. The zero-order valence-electron chi connectivity index (χ0n) is 10.2. The normalized spacial score (nSPS) is 13.2. The van der Waals surface area contributed by atoms with E-state index in [9.17, 15) is 9.59 Å². The zero-order valence-corrected chi connectivity index (χ0v) is 10.2. The van der Waals surface area contributed by atoms with Gasteiger partial charge in [0, 0.05) is 24.7 Å². The Balaban J connectivity index is 2.24. The van der Waals surface area contributed by atoms with Gasteiger partial charge in [0.05, 0.1) is 6.54 Å². The van der Waals surface area contributed by atoms with Crippen LogP contribution in [0.3, 0.4) is 0 Å². The first-order valence-electron chi connectivity index (χ1n) is 5.73. The number of carbonyl (C=O) groups excluding carboxylic acids is 2. The lowest BCUT2D eigenvalue weighted by Gasteiger charge is -2.19. The summed E-state index contributed by atoms with van der Waals surface area (Å²) in [6.07, 6.45) is 6.31. The van der Waals surface area contributed by atoms with E-state index in [1.807, 2.05) is 6.07 Å². The van der Waals surface area contributed by atoms with E-state index in [1.54, 1.807) is 19.2 Å². The number of amides is 2. The van der Waals surface area contributed by atoms with Crippen LogP contribution in [-0.4, -0.2) is 30.3 Å². The number of terminal acetylenes is 1. The second-order valence-electron chi connectivity index (χ2n) is 4.29. The fraction of sp³-hybridized carbons (Fsp3) is 0.286. The molecule has 1 aromatic carbocycles. The number of carbonyl (C=O) groups is 2. The first-order valence-corrected chi connectivity index (χ1v) is 5.73. The number of hydrogen-bond acceptors (Lipinski definition) is 2. The zero-order chi connectivity index (χ0) is 13.1. The number of aryl methyl sites for hydroxylation is 1. The van der Waals surface area contributed by atoms with E-state index in [0.717, 1.165) is 11.3 Å². The Morgan fingerprint density at radius 3 is 3.00 bits per heavy atom. The minimum atomic E-state index is -0.104. The second kappa shape index (κ2) is 4.92. The molecule has 0 radical (unpaired) electrons. The fourth-order valence-electron chi connectivity index (χ4n) is 1.95. The Bertz CT molecular complexity index is 543. The van der Waals surface area contributed by atoms with Crippen molar-refractivity contribution in [2.45, 2.75) is 12.8 Å². The Hall–Kier alpha value is -2.28. The van der Waals surface area contributed by atoms with Gasteiger partial charge in [-0.15, -0.1) is 6.42 Å². The first kappa shape index (κ1) is 12.2. The number of hydrogen-bond donors (Lipinski definition) is 1. The van der Waals surface area contributed by atoms with Crippen molar-refractivity contribution in [3.05, 3.63) is 29.3 Å². The van der Waals surface area contributed by atoms with Gasteiger partial charge in [-0.1, -0.05) is 5.92 Å². The molecule has 0 aromatic heterocycles. The Labute approximate surface area is 106 Å². The van der Waals surface area contributed by atoms with Crippen LogP contribution in [0.15, 0.2) is 18.2 Å². The average molecular weight is 242 g/mol. The molecule has 0 unspecified atom stereocenters. The molecule has 2 rings (SSSR count). The van der Waals surface area contributed by atoms with Crippen LogP contribution in [0.25, 0.3) is 0 Å². The summed E-state index contributed by atoms with van der Waals surface area (Å²) in [5, 5.41) is 2.78. The van der Waals surface area contributed by atoms with Gasteiger partial charge in [-0.3, -0.25) is 9.59 Å². The molecule has 0 atom stereocenters. The molecule has 1 aromatic rings. The lowest BCUT2D eigenvalue weighted by atomic mass is 10.00. The Morgan fingerprint density at radius 2 is 2.28 bits per heavy atom. The third kappa shape index (κ3) is 2.35. The molecule has 0 saturated carbocycles. The smallest absolute Gasteiger partial charge is 0.254 e. The van der Waals surface area contributed by atoms with Gasteiger partial charge >= 0.3 is 0 Å². The van der Waals surface area contributed by atoms with Crippen molar-refractivity contribution in [2.24, 2.45) is 0 Å². The molecule has 0 spiro atoms. The minimum Gasteiger partial charge on any atom is -0.331 e. The molecule has 2 amide bonds. The van der Waals surface area contributed by atoms with Gasteiger partial charge in [-0.05, 0) is 30.2 Å². The Kier molecular flexibility index (Phi) is 3.33. The van der Waals surface area contributed by atoms with E-state index < -0.39 is 0 Å². The predicted molar refractivity (Wildman–Crippen MR) is 69.2 cm³/mol. The number of benzene rings is 1. The van der Waals surface area contributed by atoms with Gasteiger partial charge in [-0.2, -0.15) is 0 Å². The fourth-order valence-corrected chi connectivity index (χ4v) is 1.95. The van der Waals surface area contributed by atoms with E-state index in [4.69, 9.17) is 6.42 Å². The highest BCUT2D eigenvalue weighted by molar-refractivity contribution is 5.97. The maximum atomic E-state index is 12.0. The number of nitrogens with one attached hydrogen (secondary N) is 1. The lowest BCUT2D eigenvalue weighted by molar-refractivity contribution is -0.116. The molecule has 0 fully saturated rings. The third-order valence-corrected chi connectivity index (χ3v) is 2.92. The van der Waals surface area contributed by atoms with Crippen molar-refractivity contribution >= 4 is 17.5 Å². The van der Waals surface area contributed by atoms with Gasteiger partial charge in [0.15, 0.2) is 0 Å². The number of rotatable bonds is 2. The maximum Gasteiger partial charge on any atom is 0.254 e. The summed E-state index contributed by atoms with van der Waals surface area (Å²) in [5.74, 6) is 2.35. The van der Waals surface area contributed by atoms with Crippen LogP contribution in [0.5, 0.6) is 0 Å². The van der Waals surface area contributed by atoms with Crippen LogP contribution in [0.2, 0.25) is 0 Å². The van der Waals surface area contributed by atoms with Crippen LogP contribution in [0, 0.1) is 12.3 Å². The van der Waals surface area contributed by atoms with Crippen molar-refractivity contribution in [1.29, 1.82) is 0 Å². The van der Waals surface area contributed by atoms with Gasteiger partial charge in [0.1, 0.15) is 0 Å². The van der Waals surface area contributed by atoms with E-state index in [2.05, 4.69) is 11.2 Å². The molecule has 92 valence electrons. The van der Waals surface area contributed by atoms with E-state index >= 15 is 0 Å². The average Bonchev–Trinajstić information content (AvgIpc) is 2.37. The molecule has 18 heavy (non-hydrogen) atoms. The molecule has 1 N–H and O–H groups in total. The Morgan fingerprint density at radius 1 is 1.50 bits per heavy atom. The second-order valence-corrected chi connectivity index (χ2v) is 4.29. The summed E-state index contributed by atoms with van der Waals surface area (Å²) in [6, 6.07) is 5.30. The quantitative estimate of drug-likeness (QED) is 0.794. The minimum absolute atomic E-state index is 0.0195. The van der Waals surface area contributed by atoms with Crippen LogP contribution in [-0.2, 0) is 11.2 Å².